The van der Waals surface area contributed by atoms with Crippen LogP contribution in [-0.2, 0) is 21.7 Å². The fourth-order valence-electron chi connectivity index (χ4n) is 3.16. The van der Waals surface area contributed by atoms with Gasteiger partial charge in [0.05, 0.1) is 0 Å². The minimum Gasteiger partial charge on any atom is -0.668 e. The topological polar surface area (TPSA) is 42.3 Å². The molecule has 0 spiro atoms. The summed E-state index contributed by atoms with van der Waals surface area (Å²) in [4.78, 5) is 0. The molecular weight excluding hydrogens is 462 g/mol. The summed E-state index contributed by atoms with van der Waals surface area (Å²) >= 11 is 0. The summed E-state index contributed by atoms with van der Waals surface area (Å²) in [7, 11) is 10.5. The van der Waals surface area contributed by atoms with Gasteiger partial charge < -0.3 is 22.4 Å². The normalized spacial score (nSPS) is 16.7. The zero-order chi connectivity index (χ0) is 25.3. The minimum atomic E-state index is 0. The van der Waals surface area contributed by atoms with Crippen LogP contribution in [0, 0.1) is 18.3 Å². The Morgan fingerprint density at radius 1 is 0.657 bits per heavy atom. The second-order valence-corrected chi connectivity index (χ2v) is 7.71. The second-order valence-electron chi connectivity index (χ2n) is 7.71. The van der Waals surface area contributed by atoms with E-state index in [-0.39, 0.29) is 21.7 Å². The van der Waals surface area contributed by atoms with E-state index in [1.54, 1.807) is 42.3 Å². The van der Waals surface area contributed by atoms with Crippen LogP contribution in [0.4, 0.5) is 0 Å². The van der Waals surface area contributed by atoms with Crippen LogP contribution in [0.1, 0.15) is 24.0 Å². The Bertz CT molecular complexity index is 728. The van der Waals surface area contributed by atoms with E-state index < -0.39 is 0 Å². The van der Waals surface area contributed by atoms with Gasteiger partial charge in [-0.3, -0.25) is 0 Å². The van der Waals surface area contributed by atoms with Crippen molar-refractivity contribution in [3.05, 3.63) is 131 Å². The molecule has 0 amide bonds. The predicted molar refractivity (Wildman–Crippen MR) is 155 cm³/mol. The SMILES string of the molecule is C(C=Cc1ccccc1)=Cc1ccccc1.C1=CC2[CH-]CCC2C=C1.C[N-]C.C[N-]C.C[N-]C.[Ti+4]. The van der Waals surface area contributed by atoms with E-state index in [0.29, 0.717) is 0 Å². The zero-order valence-electron chi connectivity index (χ0n) is 22.4. The van der Waals surface area contributed by atoms with Crippen molar-refractivity contribution in [1.82, 2.24) is 0 Å². The first-order valence-corrected chi connectivity index (χ1v) is 11.7. The van der Waals surface area contributed by atoms with Crippen molar-refractivity contribution in [2.75, 3.05) is 42.3 Å². The monoisotopic (exact) mass is 505 g/mol. The minimum absolute atomic E-state index is 0. The van der Waals surface area contributed by atoms with Crippen molar-refractivity contribution in [2.45, 2.75) is 12.8 Å². The van der Waals surface area contributed by atoms with Gasteiger partial charge in [0.1, 0.15) is 0 Å². The largest absolute Gasteiger partial charge is 4.00 e. The molecule has 0 heterocycles. The zero-order valence-corrected chi connectivity index (χ0v) is 23.9. The van der Waals surface area contributed by atoms with Gasteiger partial charge >= 0.3 is 21.7 Å². The average molecular weight is 506 g/mol. The van der Waals surface area contributed by atoms with Gasteiger partial charge in [0.2, 0.25) is 0 Å². The van der Waals surface area contributed by atoms with Crippen molar-refractivity contribution in [3.63, 3.8) is 0 Å². The van der Waals surface area contributed by atoms with Crippen molar-refractivity contribution in [3.8, 4) is 0 Å². The Kier molecular flexibility index (Phi) is 26.7. The van der Waals surface area contributed by atoms with Crippen LogP contribution in [0.3, 0.4) is 0 Å². The van der Waals surface area contributed by atoms with Gasteiger partial charge in [0.15, 0.2) is 0 Å². The molecule has 0 aromatic heterocycles. The van der Waals surface area contributed by atoms with E-state index in [1.165, 1.54) is 24.0 Å². The van der Waals surface area contributed by atoms with Crippen LogP contribution in [-0.4, -0.2) is 42.3 Å². The van der Waals surface area contributed by atoms with E-state index in [4.69, 9.17) is 0 Å². The molecule has 2 unspecified atom stereocenters. The molecule has 0 radical (unpaired) electrons. The molecule has 35 heavy (non-hydrogen) atoms. The molecule has 1 saturated carbocycles. The molecule has 0 aliphatic heterocycles. The number of allylic oxidation sites excluding steroid dienone is 6. The Hall–Kier alpha value is -2.01. The molecule has 2 aliphatic rings. The third kappa shape index (κ3) is 19.9. The van der Waals surface area contributed by atoms with E-state index >= 15 is 0 Å². The Morgan fingerprint density at radius 2 is 1.06 bits per heavy atom. The smallest absolute Gasteiger partial charge is 0.668 e. The molecule has 186 valence electrons. The number of fused-ring (bicyclic) bond motifs is 1. The Balaban J connectivity index is 0. The molecule has 3 nitrogen and oxygen atoms in total. The van der Waals surface area contributed by atoms with Crippen molar-refractivity contribution < 1.29 is 21.7 Å². The molecular formula is C31H43N3Ti. The van der Waals surface area contributed by atoms with Gasteiger partial charge in [-0.05, 0) is 17.0 Å². The van der Waals surface area contributed by atoms with Crippen LogP contribution in [0.25, 0.3) is 28.1 Å². The standard InChI is InChI=1S/C16H14.C9H11.3C2H6N.Ti/c1-3-9-15(10-4-1)13-7-8-14-16-11-5-2-6-12-16;1-2-5-9-7-3-6-8(9)4-1;3*1-3-2;/h1-14H;1-2,4-6,8-9H,3,7H2;3*1-2H3;/q;4*-1;+4. The number of benzene rings is 2. The van der Waals surface area contributed by atoms with Gasteiger partial charge in [-0.2, -0.15) is 48.7 Å². The van der Waals surface area contributed by atoms with E-state index in [0.717, 1.165) is 11.8 Å². The van der Waals surface area contributed by atoms with E-state index in [9.17, 15) is 0 Å². The van der Waals surface area contributed by atoms with Gasteiger partial charge in [0, 0.05) is 0 Å². The van der Waals surface area contributed by atoms with E-state index in [2.05, 4.69) is 95.2 Å². The van der Waals surface area contributed by atoms with Crippen LogP contribution >= 0.6 is 0 Å². The predicted octanol–water partition coefficient (Wildman–Crippen LogP) is 8.61. The van der Waals surface area contributed by atoms with Gasteiger partial charge in [0.25, 0.3) is 0 Å². The second kappa shape index (κ2) is 26.6. The summed E-state index contributed by atoms with van der Waals surface area (Å²) < 4.78 is 0. The average Bonchev–Trinajstić information content (AvgIpc) is 3.34. The molecule has 4 heteroatoms. The number of rotatable bonds is 3. The first-order valence-electron chi connectivity index (χ1n) is 11.7. The Morgan fingerprint density at radius 3 is 1.46 bits per heavy atom. The van der Waals surface area contributed by atoms with Crippen LogP contribution < -0.4 is 0 Å². The fourth-order valence-corrected chi connectivity index (χ4v) is 3.16. The number of hydrogen-bond donors (Lipinski definition) is 0. The molecule has 2 aromatic carbocycles. The maximum absolute atomic E-state index is 3.50. The third-order valence-electron chi connectivity index (χ3n) is 4.52. The van der Waals surface area contributed by atoms with Crippen molar-refractivity contribution in [2.24, 2.45) is 11.8 Å². The van der Waals surface area contributed by atoms with Gasteiger partial charge in [-0.25, -0.2) is 0 Å². The Labute approximate surface area is 230 Å². The molecule has 0 saturated heterocycles. The number of nitrogens with zero attached hydrogens (tertiary/aromatic N) is 3. The molecule has 2 aliphatic carbocycles. The summed E-state index contributed by atoms with van der Waals surface area (Å²) in [5.41, 5.74) is 2.44. The summed E-state index contributed by atoms with van der Waals surface area (Å²) in [6.45, 7) is 0. The molecule has 4 rings (SSSR count). The summed E-state index contributed by atoms with van der Waals surface area (Å²) in [5.74, 6) is 1.62. The van der Waals surface area contributed by atoms with Crippen molar-refractivity contribution >= 4 is 12.2 Å². The fraction of sp³-hybridized carbons (Fsp3) is 0.323. The molecule has 0 N–H and O–H groups in total. The summed E-state index contributed by atoms with van der Waals surface area (Å²) in [5, 5.41) is 10.5. The number of hydrogen-bond acceptors (Lipinski definition) is 0. The van der Waals surface area contributed by atoms with Crippen LogP contribution in [0.5, 0.6) is 0 Å². The molecule has 2 aromatic rings. The molecule has 2 atom stereocenters. The van der Waals surface area contributed by atoms with Crippen LogP contribution in [0.2, 0.25) is 0 Å². The van der Waals surface area contributed by atoms with Gasteiger partial charge in [-0.1, -0.05) is 110 Å². The summed E-state index contributed by atoms with van der Waals surface area (Å²) in [6.07, 6.45) is 22.4. The van der Waals surface area contributed by atoms with Gasteiger partial charge in [-0.15, -0.1) is 12.0 Å². The maximum atomic E-state index is 3.50. The third-order valence-corrected chi connectivity index (χ3v) is 4.52. The quantitative estimate of drug-likeness (QED) is 0.228. The summed E-state index contributed by atoms with van der Waals surface area (Å²) in [6, 6.07) is 20.6. The van der Waals surface area contributed by atoms with E-state index in [1.807, 2.05) is 36.4 Å². The van der Waals surface area contributed by atoms with Crippen molar-refractivity contribution in [1.29, 1.82) is 0 Å². The molecule has 1 fully saturated rings. The maximum Gasteiger partial charge on any atom is 4.00 e. The first kappa shape index (κ1) is 35.2. The van der Waals surface area contributed by atoms with Crippen LogP contribution in [0.15, 0.2) is 97.1 Å². The first-order chi connectivity index (χ1) is 16.7. The molecule has 0 bridgehead atoms.